The molecule has 2 saturated heterocycles. The summed E-state index contributed by atoms with van der Waals surface area (Å²) < 4.78 is 11.2. The topological polar surface area (TPSA) is 72.0 Å². The minimum absolute atomic E-state index is 0.0254. The Bertz CT molecular complexity index is 795. The minimum Gasteiger partial charge on any atom is -0.474 e. The molecule has 148 valence electrons. The molecule has 8 heteroatoms. The third kappa shape index (κ3) is 4.34. The van der Waals surface area contributed by atoms with Gasteiger partial charge in [-0.15, -0.1) is 0 Å². The quantitative estimate of drug-likeness (QED) is 0.786. The fourth-order valence-electron chi connectivity index (χ4n) is 3.44. The van der Waals surface area contributed by atoms with Crippen LogP contribution in [0.4, 0.5) is 0 Å². The third-order valence-corrected chi connectivity index (χ3v) is 5.75. The van der Waals surface area contributed by atoms with Crippen LogP contribution >= 0.6 is 11.3 Å². The van der Waals surface area contributed by atoms with Crippen molar-refractivity contribution in [1.82, 2.24) is 14.8 Å². The van der Waals surface area contributed by atoms with Crippen molar-refractivity contribution in [1.29, 1.82) is 0 Å². The predicted molar refractivity (Wildman–Crippen MR) is 105 cm³/mol. The van der Waals surface area contributed by atoms with E-state index < -0.39 is 0 Å². The fraction of sp³-hybridized carbons (Fsp3) is 0.450. The lowest BCUT2D eigenvalue weighted by molar-refractivity contribution is 0.0302. The number of rotatable bonds is 4. The zero-order valence-corrected chi connectivity index (χ0v) is 16.4. The highest BCUT2D eigenvalue weighted by atomic mass is 32.1. The number of carbonyl (C=O) groups is 2. The minimum atomic E-state index is -0.0254. The van der Waals surface area contributed by atoms with E-state index in [0.29, 0.717) is 50.8 Å². The van der Waals surface area contributed by atoms with Gasteiger partial charge in [0.1, 0.15) is 6.10 Å². The fourth-order valence-corrected chi connectivity index (χ4v) is 4.07. The van der Waals surface area contributed by atoms with Crippen LogP contribution in [0.2, 0.25) is 0 Å². The second-order valence-corrected chi connectivity index (χ2v) is 7.69. The van der Waals surface area contributed by atoms with Gasteiger partial charge in [-0.25, -0.2) is 4.98 Å². The Hall–Kier alpha value is -2.45. The van der Waals surface area contributed by atoms with Gasteiger partial charge < -0.3 is 19.3 Å². The van der Waals surface area contributed by atoms with Gasteiger partial charge >= 0.3 is 0 Å². The number of piperidine rings is 1. The van der Waals surface area contributed by atoms with Crippen LogP contribution in [-0.2, 0) is 4.74 Å². The van der Waals surface area contributed by atoms with Crippen LogP contribution in [0.25, 0.3) is 0 Å². The molecule has 2 amide bonds. The molecule has 2 aromatic rings. The normalized spacial score (nSPS) is 18.1. The molecule has 2 aromatic heterocycles. The third-order valence-electron chi connectivity index (χ3n) is 5.07. The van der Waals surface area contributed by atoms with Gasteiger partial charge in [0.15, 0.2) is 0 Å². The molecule has 0 N–H and O–H groups in total. The molecule has 2 aliphatic rings. The molecular formula is C20H23N3O4S. The molecule has 0 radical (unpaired) electrons. The summed E-state index contributed by atoms with van der Waals surface area (Å²) in [6.07, 6.45) is 3.14. The molecule has 0 atom stereocenters. The van der Waals surface area contributed by atoms with E-state index in [0.717, 1.165) is 18.4 Å². The summed E-state index contributed by atoms with van der Waals surface area (Å²) in [6.45, 7) is 3.72. The molecule has 2 fully saturated rings. The SMILES string of the molecule is O=C(c1ccc(OC2CCN(C(=O)c3ccsc3)CC2)nc1)N1CCOCC1. The van der Waals surface area contributed by atoms with E-state index in [-0.39, 0.29) is 17.9 Å². The first-order valence-corrected chi connectivity index (χ1v) is 10.5. The predicted octanol–water partition coefficient (Wildman–Crippen LogP) is 2.30. The summed E-state index contributed by atoms with van der Waals surface area (Å²) in [5.74, 6) is 0.576. The lowest BCUT2D eigenvalue weighted by Crippen LogP contribution is -2.41. The van der Waals surface area contributed by atoms with Crippen molar-refractivity contribution in [2.45, 2.75) is 18.9 Å². The Kier molecular flexibility index (Phi) is 5.87. The first-order valence-electron chi connectivity index (χ1n) is 9.52. The number of amides is 2. The van der Waals surface area contributed by atoms with Crippen LogP contribution in [0.15, 0.2) is 35.2 Å². The highest BCUT2D eigenvalue weighted by Crippen LogP contribution is 2.20. The number of carbonyl (C=O) groups excluding carboxylic acids is 2. The molecule has 4 heterocycles. The Morgan fingerprint density at radius 1 is 1.00 bits per heavy atom. The van der Waals surface area contributed by atoms with E-state index in [4.69, 9.17) is 9.47 Å². The lowest BCUT2D eigenvalue weighted by Gasteiger charge is -2.31. The maximum Gasteiger partial charge on any atom is 0.255 e. The number of morpholine rings is 1. The van der Waals surface area contributed by atoms with Crippen LogP contribution in [0.3, 0.4) is 0 Å². The van der Waals surface area contributed by atoms with Crippen molar-refractivity contribution in [2.75, 3.05) is 39.4 Å². The number of aromatic nitrogens is 1. The van der Waals surface area contributed by atoms with Gasteiger partial charge in [0.25, 0.3) is 11.8 Å². The molecule has 2 aliphatic heterocycles. The zero-order chi connectivity index (χ0) is 19.3. The van der Waals surface area contributed by atoms with Gasteiger partial charge in [0.05, 0.1) is 24.3 Å². The van der Waals surface area contributed by atoms with Crippen LogP contribution in [0.5, 0.6) is 5.88 Å². The summed E-state index contributed by atoms with van der Waals surface area (Å²) in [5.41, 5.74) is 1.32. The van der Waals surface area contributed by atoms with Gasteiger partial charge in [-0.05, 0) is 17.5 Å². The summed E-state index contributed by atoms with van der Waals surface area (Å²) in [4.78, 5) is 32.8. The Morgan fingerprint density at radius 2 is 1.71 bits per heavy atom. The monoisotopic (exact) mass is 401 g/mol. The summed E-state index contributed by atoms with van der Waals surface area (Å²) in [5, 5.41) is 3.80. The highest BCUT2D eigenvalue weighted by molar-refractivity contribution is 7.08. The number of pyridine rings is 1. The molecule has 0 aliphatic carbocycles. The van der Waals surface area contributed by atoms with Crippen molar-refractivity contribution in [3.8, 4) is 5.88 Å². The number of nitrogens with zero attached hydrogens (tertiary/aromatic N) is 3. The van der Waals surface area contributed by atoms with E-state index in [2.05, 4.69) is 4.98 Å². The standard InChI is InChI=1S/C20H23N3O4S/c24-19(23-8-10-26-11-9-23)15-1-2-18(21-13-15)27-17-3-6-22(7-4-17)20(25)16-5-12-28-14-16/h1-2,5,12-14,17H,3-4,6-11H2. The number of ether oxygens (including phenoxy) is 2. The average molecular weight is 401 g/mol. The van der Waals surface area contributed by atoms with Gasteiger partial charge in [0, 0.05) is 56.7 Å². The van der Waals surface area contributed by atoms with Crippen molar-refractivity contribution in [3.63, 3.8) is 0 Å². The first kappa shape index (κ1) is 18.9. The molecule has 0 saturated carbocycles. The van der Waals surface area contributed by atoms with Crippen molar-refractivity contribution < 1.29 is 19.1 Å². The molecule has 4 rings (SSSR count). The van der Waals surface area contributed by atoms with Gasteiger partial charge in [-0.3, -0.25) is 9.59 Å². The molecule has 0 aromatic carbocycles. The molecule has 7 nitrogen and oxygen atoms in total. The van der Waals surface area contributed by atoms with E-state index in [1.807, 2.05) is 21.7 Å². The van der Waals surface area contributed by atoms with Crippen molar-refractivity contribution in [3.05, 3.63) is 46.3 Å². The maximum atomic E-state index is 12.5. The van der Waals surface area contributed by atoms with E-state index in [9.17, 15) is 9.59 Å². The van der Waals surface area contributed by atoms with Crippen molar-refractivity contribution in [2.24, 2.45) is 0 Å². The Morgan fingerprint density at radius 3 is 2.36 bits per heavy atom. The van der Waals surface area contributed by atoms with E-state index in [1.54, 1.807) is 23.2 Å². The molecule has 0 bridgehead atoms. The van der Waals surface area contributed by atoms with E-state index >= 15 is 0 Å². The van der Waals surface area contributed by atoms with Crippen LogP contribution < -0.4 is 4.74 Å². The average Bonchev–Trinajstić information content (AvgIpc) is 3.29. The molecule has 28 heavy (non-hydrogen) atoms. The van der Waals surface area contributed by atoms with Gasteiger partial charge in [-0.2, -0.15) is 11.3 Å². The maximum absolute atomic E-state index is 12.5. The first-order chi connectivity index (χ1) is 13.7. The van der Waals surface area contributed by atoms with Crippen LogP contribution in [0.1, 0.15) is 33.6 Å². The number of thiophene rings is 1. The number of hydrogen-bond donors (Lipinski definition) is 0. The summed E-state index contributed by atoms with van der Waals surface area (Å²) in [6, 6.07) is 5.37. The largest absolute Gasteiger partial charge is 0.474 e. The lowest BCUT2D eigenvalue weighted by atomic mass is 10.1. The second kappa shape index (κ2) is 8.70. The zero-order valence-electron chi connectivity index (χ0n) is 15.6. The Balaban J connectivity index is 1.28. The smallest absolute Gasteiger partial charge is 0.255 e. The second-order valence-electron chi connectivity index (χ2n) is 6.91. The number of likely N-dealkylation sites (tertiary alicyclic amines) is 1. The van der Waals surface area contributed by atoms with Crippen LogP contribution in [0, 0.1) is 0 Å². The van der Waals surface area contributed by atoms with E-state index in [1.165, 1.54) is 11.3 Å². The van der Waals surface area contributed by atoms with Gasteiger partial charge in [0.2, 0.25) is 5.88 Å². The highest BCUT2D eigenvalue weighted by Gasteiger charge is 2.25. The molecule has 0 spiro atoms. The van der Waals surface area contributed by atoms with Crippen molar-refractivity contribution >= 4 is 23.2 Å². The number of hydrogen-bond acceptors (Lipinski definition) is 6. The van der Waals surface area contributed by atoms with Gasteiger partial charge in [-0.1, -0.05) is 0 Å². The molecule has 0 unspecified atom stereocenters. The summed E-state index contributed by atoms with van der Waals surface area (Å²) in [7, 11) is 0. The Labute approximate surface area is 167 Å². The summed E-state index contributed by atoms with van der Waals surface area (Å²) >= 11 is 1.53. The molecular weight excluding hydrogens is 378 g/mol. The van der Waals surface area contributed by atoms with Crippen LogP contribution in [-0.4, -0.2) is 72.1 Å².